The van der Waals surface area contributed by atoms with E-state index >= 15 is 4.39 Å². The molecule has 6 nitrogen and oxygen atoms in total. The molecule has 4 rings (SSSR count). The normalized spacial score (nSPS) is 46.2. The molecule has 4 aliphatic rings. The van der Waals surface area contributed by atoms with Gasteiger partial charge in [0.05, 0.1) is 12.3 Å². The highest BCUT2D eigenvalue weighted by molar-refractivity contribution is 5.18. The molecule has 8 heteroatoms. The minimum atomic E-state index is -2.19. The summed E-state index contributed by atoms with van der Waals surface area (Å²) in [7, 11) is 2.09. The van der Waals surface area contributed by atoms with Gasteiger partial charge < -0.3 is 9.64 Å². The third-order valence-electron chi connectivity index (χ3n) is 6.93. The number of alkyl halides is 2. The molecule has 3 fully saturated rings. The van der Waals surface area contributed by atoms with Gasteiger partial charge in [0.25, 0.3) is 0 Å². The Labute approximate surface area is 177 Å². The van der Waals surface area contributed by atoms with Crippen LogP contribution in [0.5, 0.6) is 0 Å². The van der Waals surface area contributed by atoms with Gasteiger partial charge >= 0.3 is 0 Å². The predicted octanol–water partition coefficient (Wildman–Crippen LogP) is 1.11. The number of rotatable bonds is 5. The Morgan fingerprint density at radius 3 is 3.17 bits per heavy atom. The molecule has 4 N–H and O–H groups in total. The molecular weight excluding hydrogens is 376 g/mol. The fourth-order valence-electron chi connectivity index (χ4n) is 5.40. The summed E-state index contributed by atoms with van der Waals surface area (Å²) in [5, 5.41) is 12.1. The van der Waals surface area contributed by atoms with Gasteiger partial charge in [-0.1, -0.05) is 18.5 Å². The zero-order chi connectivity index (χ0) is 22.9. The van der Waals surface area contributed by atoms with Gasteiger partial charge in [-0.3, -0.25) is 21.3 Å². The first-order valence-corrected chi connectivity index (χ1v) is 11.0. The van der Waals surface area contributed by atoms with Crippen molar-refractivity contribution in [2.45, 2.75) is 69.5 Å². The second-order valence-corrected chi connectivity index (χ2v) is 8.89. The summed E-state index contributed by atoms with van der Waals surface area (Å²) in [4.78, 5) is 2.25. The smallest absolute Gasteiger partial charge is 0.141 e. The summed E-state index contributed by atoms with van der Waals surface area (Å²) in [6.07, 6.45) is 1.91. The number of nitrogens with zero attached hydrogens (tertiary/aromatic N) is 1. The topological polar surface area (TPSA) is 60.6 Å². The summed E-state index contributed by atoms with van der Waals surface area (Å²) in [6, 6.07) is -0.394. The number of hydrogen-bond donors (Lipinski definition) is 4. The Balaban J connectivity index is 1.43. The molecule has 8 unspecified atom stereocenters. The molecule has 29 heavy (non-hydrogen) atoms. The molecule has 3 aliphatic heterocycles. The largest absolute Gasteiger partial charge is 0.377 e. The third-order valence-corrected chi connectivity index (χ3v) is 6.93. The molecule has 8 atom stereocenters. The lowest BCUT2D eigenvalue weighted by Gasteiger charge is -2.44. The number of ether oxygens (including phenoxy) is 1. The van der Waals surface area contributed by atoms with Crippen LogP contribution in [0, 0.1) is 11.8 Å². The molecule has 0 spiro atoms. The van der Waals surface area contributed by atoms with Gasteiger partial charge in [0.2, 0.25) is 0 Å². The van der Waals surface area contributed by atoms with Gasteiger partial charge in [0, 0.05) is 35.8 Å². The van der Waals surface area contributed by atoms with Crippen LogP contribution in [0.3, 0.4) is 0 Å². The van der Waals surface area contributed by atoms with Crippen LogP contribution in [-0.4, -0.2) is 81.7 Å². The number of fused-ring (bicyclic) bond motifs is 1. The number of likely N-dealkylation sites (N-methyl/N-ethyl adjacent to an activating group) is 1. The maximum atomic E-state index is 16.0. The molecule has 2 saturated heterocycles. The minimum Gasteiger partial charge on any atom is -0.377 e. The number of halogens is 2. The fraction of sp³-hybridized carbons (Fsp3) is 0.905. The first-order chi connectivity index (χ1) is 15.2. The summed E-state index contributed by atoms with van der Waals surface area (Å²) in [5.41, 5.74) is 1.16. The van der Waals surface area contributed by atoms with E-state index in [2.05, 4.69) is 39.3 Å². The van der Waals surface area contributed by atoms with E-state index in [0.717, 1.165) is 37.9 Å². The summed E-state index contributed by atoms with van der Waals surface area (Å²) >= 11 is 0. The maximum Gasteiger partial charge on any atom is 0.141 e. The SMILES string of the molecule is [2H]C([2H])([2H])CNC1NC(NC2CC3CCOC3C(C3=CCN(C)CCC3)C2F)NCC1F. The van der Waals surface area contributed by atoms with Crippen molar-refractivity contribution in [1.29, 1.82) is 0 Å². The van der Waals surface area contributed by atoms with E-state index in [1.165, 1.54) is 0 Å². The standard InChI is InChI=1S/C21H37F2N5O/c1-3-24-20-15(22)12-25-21(27-20)26-16-11-14-7-10-29-19(14)17(18(16)23)13-5-4-8-28(2)9-6-13/h6,14-21,24-27H,3-5,7-12H2,1-2H3/i1D3. The van der Waals surface area contributed by atoms with E-state index in [9.17, 15) is 4.39 Å². The molecule has 0 aromatic carbocycles. The van der Waals surface area contributed by atoms with E-state index in [0.29, 0.717) is 18.9 Å². The van der Waals surface area contributed by atoms with Crippen LogP contribution < -0.4 is 21.3 Å². The van der Waals surface area contributed by atoms with Crippen LogP contribution in [0.15, 0.2) is 11.6 Å². The Bertz CT molecular complexity index is 670. The predicted molar refractivity (Wildman–Crippen MR) is 110 cm³/mol. The van der Waals surface area contributed by atoms with Crippen molar-refractivity contribution in [2.24, 2.45) is 11.8 Å². The lowest BCUT2D eigenvalue weighted by Crippen LogP contribution is -2.71. The molecule has 3 heterocycles. The van der Waals surface area contributed by atoms with Crippen LogP contribution in [0.2, 0.25) is 0 Å². The quantitative estimate of drug-likeness (QED) is 0.504. The molecule has 0 aromatic heterocycles. The van der Waals surface area contributed by atoms with E-state index in [-0.39, 0.29) is 25.1 Å². The van der Waals surface area contributed by atoms with Gasteiger partial charge in [-0.15, -0.1) is 0 Å². The van der Waals surface area contributed by atoms with E-state index < -0.39 is 37.7 Å². The molecule has 0 aromatic rings. The Morgan fingerprint density at radius 2 is 2.31 bits per heavy atom. The first-order valence-electron chi connectivity index (χ1n) is 12.5. The van der Waals surface area contributed by atoms with Gasteiger partial charge in [-0.25, -0.2) is 8.78 Å². The van der Waals surface area contributed by atoms with Crippen molar-refractivity contribution in [3.63, 3.8) is 0 Å². The van der Waals surface area contributed by atoms with Crippen molar-refractivity contribution in [3.8, 4) is 0 Å². The monoisotopic (exact) mass is 416 g/mol. The average molecular weight is 417 g/mol. The Kier molecular flexibility index (Phi) is 5.99. The highest BCUT2D eigenvalue weighted by atomic mass is 19.1. The van der Waals surface area contributed by atoms with Gasteiger partial charge in [0.1, 0.15) is 18.6 Å². The fourth-order valence-corrected chi connectivity index (χ4v) is 5.40. The van der Waals surface area contributed by atoms with Gasteiger partial charge in [0.15, 0.2) is 0 Å². The van der Waals surface area contributed by atoms with Crippen LogP contribution in [0.25, 0.3) is 0 Å². The lowest BCUT2D eigenvalue weighted by atomic mass is 9.71. The Hall–Kier alpha value is -0.640. The van der Waals surface area contributed by atoms with Crippen LogP contribution in [0.4, 0.5) is 8.78 Å². The highest BCUT2D eigenvalue weighted by Crippen LogP contribution is 2.44. The van der Waals surface area contributed by atoms with Gasteiger partial charge in [-0.05, 0) is 51.7 Å². The Morgan fingerprint density at radius 1 is 1.41 bits per heavy atom. The van der Waals surface area contributed by atoms with Crippen LogP contribution in [0.1, 0.15) is 36.6 Å². The first kappa shape index (κ1) is 18.0. The molecule has 166 valence electrons. The zero-order valence-corrected chi connectivity index (χ0v) is 17.2. The molecule has 1 saturated carbocycles. The molecule has 0 amide bonds. The van der Waals surface area contributed by atoms with E-state index in [4.69, 9.17) is 8.85 Å². The van der Waals surface area contributed by atoms with Crippen molar-refractivity contribution < 1.29 is 17.6 Å². The zero-order valence-electron chi connectivity index (χ0n) is 20.2. The average Bonchev–Trinajstić information content (AvgIpc) is 3.08. The van der Waals surface area contributed by atoms with E-state index in [1.54, 1.807) is 0 Å². The summed E-state index contributed by atoms with van der Waals surface area (Å²) in [6.45, 7) is 0.0818. The number of hydrogen-bond acceptors (Lipinski definition) is 6. The highest BCUT2D eigenvalue weighted by Gasteiger charge is 2.49. The van der Waals surface area contributed by atoms with Crippen molar-refractivity contribution in [1.82, 2.24) is 26.2 Å². The van der Waals surface area contributed by atoms with Crippen molar-refractivity contribution in [2.75, 3.05) is 39.8 Å². The van der Waals surface area contributed by atoms with Crippen molar-refractivity contribution >= 4 is 0 Å². The number of nitrogens with one attached hydrogen (secondary N) is 4. The van der Waals surface area contributed by atoms with Crippen LogP contribution in [-0.2, 0) is 4.74 Å². The molecule has 1 aliphatic carbocycles. The molecular formula is C21H37F2N5O. The van der Waals surface area contributed by atoms with E-state index in [1.807, 2.05) is 0 Å². The molecule has 0 bridgehead atoms. The minimum absolute atomic E-state index is 0.0586. The van der Waals surface area contributed by atoms with Gasteiger partial charge in [-0.2, -0.15) is 0 Å². The third kappa shape index (κ3) is 4.83. The second kappa shape index (κ2) is 9.66. The maximum absolute atomic E-state index is 16.0. The summed E-state index contributed by atoms with van der Waals surface area (Å²) in [5.74, 6) is 0.0376. The van der Waals surface area contributed by atoms with Crippen molar-refractivity contribution in [3.05, 3.63) is 11.6 Å². The summed E-state index contributed by atoms with van der Waals surface area (Å²) < 4.78 is 58.3. The lowest BCUT2D eigenvalue weighted by molar-refractivity contribution is -0.0268. The second-order valence-electron chi connectivity index (χ2n) is 8.89. The molecule has 0 radical (unpaired) electrons. The van der Waals surface area contributed by atoms with Crippen LogP contribution >= 0.6 is 0 Å².